The van der Waals surface area contributed by atoms with Gasteiger partial charge in [-0.3, -0.25) is 4.57 Å². The first-order valence-electron chi connectivity index (χ1n) is 13.2. The minimum absolute atomic E-state index is 0.170. The molecule has 4 aromatic rings. The van der Waals surface area contributed by atoms with E-state index in [1.165, 1.54) is 10.7 Å². The summed E-state index contributed by atoms with van der Waals surface area (Å²) in [7, 11) is -3.75. The molecule has 0 unspecified atom stereocenters. The van der Waals surface area contributed by atoms with E-state index >= 15 is 0 Å². The Bertz CT molecular complexity index is 1760. The zero-order chi connectivity index (χ0) is 27.3. The molecule has 0 saturated carbocycles. The predicted molar refractivity (Wildman–Crippen MR) is 151 cm³/mol. The number of aromatic nitrogens is 5. The molecule has 1 saturated heterocycles. The Balaban J connectivity index is 1.51. The van der Waals surface area contributed by atoms with Gasteiger partial charge in [0.1, 0.15) is 17.6 Å². The molecule has 39 heavy (non-hydrogen) atoms. The van der Waals surface area contributed by atoms with E-state index in [0.717, 1.165) is 19.3 Å². The fourth-order valence-corrected chi connectivity index (χ4v) is 7.66. The highest BCUT2D eigenvalue weighted by Gasteiger charge is 2.35. The van der Waals surface area contributed by atoms with Crippen molar-refractivity contribution in [2.45, 2.75) is 50.6 Å². The van der Waals surface area contributed by atoms with Crippen LogP contribution in [0, 0.1) is 0 Å². The standard InChI is InChI=1S/C26H30BrN7O4S/c1-3-9-33-24-21(27)22(29-23(24)25-30-28-16-34(25)26(33)35)19-14-18(7-8-20(19)38-13-4-2)39(36,37)32-12-11-31-10-5-6-17(31)15-32/h5,7-8,10,14,16-17,29H,3-4,6,9,11-13,15H2,1-2H3/t17-/m1/s1. The lowest BCUT2D eigenvalue weighted by atomic mass is 10.1. The molecule has 1 fully saturated rings. The molecule has 0 radical (unpaired) electrons. The van der Waals surface area contributed by atoms with Crippen LogP contribution < -0.4 is 10.4 Å². The number of sulfonamides is 1. The van der Waals surface area contributed by atoms with E-state index in [9.17, 15) is 13.2 Å². The van der Waals surface area contributed by atoms with Crippen LogP contribution in [0.5, 0.6) is 5.75 Å². The van der Waals surface area contributed by atoms with Gasteiger partial charge in [0.2, 0.25) is 10.0 Å². The molecule has 5 heterocycles. The van der Waals surface area contributed by atoms with Crippen molar-refractivity contribution in [2.75, 3.05) is 26.2 Å². The third kappa shape index (κ3) is 4.27. The summed E-state index contributed by atoms with van der Waals surface area (Å²) in [5.74, 6) is 0.551. The second kappa shape index (κ2) is 10.1. The molecule has 0 aliphatic carbocycles. The van der Waals surface area contributed by atoms with Crippen LogP contribution >= 0.6 is 15.9 Å². The predicted octanol–water partition coefficient (Wildman–Crippen LogP) is 3.59. The normalized spacial score (nSPS) is 17.9. The monoisotopic (exact) mass is 615 g/mol. The first kappa shape index (κ1) is 26.1. The number of ether oxygens (including phenoxy) is 1. The van der Waals surface area contributed by atoms with Crippen LogP contribution in [-0.2, 0) is 16.6 Å². The number of aryl methyl sites for hydroxylation is 1. The van der Waals surface area contributed by atoms with Crippen molar-refractivity contribution in [1.82, 2.24) is 33.4 Å². The molecule has 2 aliphatic heterocycles. The number of hydrogen-bond donors (Lipinski definition) is 1. The van der Waals surface area contributed by atoms with Gasteiger partial charge in [-0.15, -0.1) is 10.2 Å². The van der Waals surface area contributed by atoms with E-state index < -0.39 is 10.0 Å². The zero-order valence-electron chi connectivity index (χ0n) is 21.8. The molecular formula is C26H30BrN7O4S. The number of H-pyrrole nitrogens is 1. The summed E-state index contributed by atoms with van der Waals surface area (Å²) in [4.78, 5) is 19.0. The molecule has 0 bridgehead atoms. The number of fused-ring (bicyclic) bond motifs is 4. The fraction of sp³-hybridized carbons (Fsp3) is 0.423. The Hall–Kier alpha value is -3.16. The van der Waals surface area contributed by atoms with Crippen LogP contribution in [0.15, 0.2) is 51.0 Å². The molecule has 0 spiro atoms. The van der Waals surface area contributed by atoms with Crippen molar-refractivity contribution in [2.24, 2.45) is 0 Å². The Labute approximate surface area is 234 Å². The second-order valence-corrected chi connectivity index (χ2v) is 12.6. The van der Waals surface area contributed by atoms with Gasteiger partial charge in [-0.05, 0) is 59.6 Å². The van der Waals surface area contributed by atoms with Crippen LogP contribution in [-0.4, -0.2) is 74.1 Å². The first-order chi connectivity index (χ1) is 18.8. The Kier molecular flexibility index (Phi) is 6.76. The largest absolute Gasteiger partial charge is 0.493 e. The first-order valence-corrected chi connectivity index (χ1v) is 15.4. The molecule has 1 aromatic carbocycles. The van der Waals surface area contributed by atoms with Gasteiger partial charge in [0, 0.05) is 37.8 Å². The number of aromatic amines is 1. The highest BCUT2D eigenvalue weighted by atomic mass is 79.9. The molecule has 13 heteroatoms. The highest BCUT2D eigenvalue weighted by molar-refractivity contribution is 9.10. The van der Waals surface area contributed by atoms with Crippen LogP contribution in [0.2, 0.25) is 0 Å². The number of nitrogens with one attached hydrogen (secondary N) is 1. The van der Waals surface area contributed by atoms with Crippen LogP contribution in [0.25, 0.3) is 27.9 Å². The number of nitrogens with zero attached hydrogens (tertiary/aromatic N) is 6. The molecule has 206 valence electrons. The van der Waals surface area contributed by atoms with Crippen LogP contribution in [0.1, 0.15) is 33.1 Å². The molecule has 6 rings (SSSR count). The van der Waals surface area contributed by atoms with Crippen molar-refractivity contribution in [3.8, 4) is 17.0 Å². The lowest BCUT2D eigenvalue weighted by Crippen LogP contribution is -2.51. The minimum atomic E-state index is -3.75. The van der Waals surface area contributed by atoms with Gasteiger partial charge < -0.3 is 14.6 Å². The number of hydrogen-bond acceptors (Lipinski definition) is 7. The van der Waals surface area contributed by atoms with Crippen molar-refractivity contribution in [3.63, 3.8) is 0 Å². The van der Waals surface area contributed by atoms with Crippen molar-refractivity contribution >= 4 is 42.6 Å². The van der Waals surface area contributed by atoms with Gasteiger partial charge in [0.25, 0.3) is 0 Å². The van der Waals surface area contributed by atoms with E-state index in [1.54, 1.807) is 27.1 Å². The van der Waals surface area contributed by atoms with E-state index in [4.69, 9.17) is 4.74 Å². The summed E-state index contributed by atoms with van der Waals surface area (Å²) in [5, 5.41) is 8.13. The van der Waals surface area contributed by atoms with Gasteiger partial charge in [-0.2, -0.15) is 4.31 Å². The number of halogens is 1. The topological polar surface area (TPSA) is 118 Å². The SMILES string of the molecule is CCCOc1ccc(S(=O)(=O)N2CCN3C=CC[C@@H]3C2)cc1-c1[nH]c2c(c1Br)n(CCC)c(=O)n1cnnc21. The molecule has 11 nitrogen and oxygen atoms in total. The number of benzene rings is 1. The Morgan fingerprint density at radius 2 is 2.05 bits per heavy atom. The van der Waals surface area contributed by atoms with Gasteiger partial charge >= 0.3 is 5.69 Å². The maximum atomic E-state index is 13.8. The summed E-state index contributed by atoms with van der Waals surface area (Å²) in [6.07, 6.45) is 7.95. The maximum absolute atomic E-state index is 13.8. The Morgan fingerprint density at radius 3 is 2.85 bits per heavy atom. The van der Waals surface area contributed by atoms with E-state index in [1.807, 2.05) is 13.8 Å². The van der Waals surface area contributed by atoms with Gasteiger partial charge in [-0.25, -0.2) is 17.6 Å². The van der Waals surface area contributed by atoms with Gasteiger partial charge in [0.05, 0.1) is 27.2 Å². The molecule has 1 N–H and O–H groups in total. The van der Waals surface area contributed by atoms with Crippen LogP contribution in [0.4, 0.5) is 0 Å². The summed E-state index contributed by atoms with van der Waals surface area (Å²) >= 11 is 3.73. The summed E-state index contributed by atoms with van der Waals surface area (Å²) in [6, 6.07) is 5.17. The smallest absolute Gasteiger partial charge is 0.335 e. The average Bonchev–Trinajstić information content (AvgIpc) is 3.68. The second-order valence-electron chi connectivity index (χ2n) is 9.88. The van der Waals surface area contributed by atoms with Crippen molar-refractivity contribution in [3.05, 3.63) is 51.8 Å². The van der Waals surface area contributed by atoms with Crippen molar-refractivity contribution in [1.29, 1.82) is 0 Å². The zero-order valence-corrected chi connectivity index (χ0v) is 24.2. The molecule has 2 aliphatic rings. The third-order valence-corrected chi connectivity index (χ3v) is 9.99. The summed E-state index contributed by atoms with van der Waals surface area (Å²) in [5.41, 5.74) is 2.63. The van der Waals surface area contributed by atoms with Gasteiger partial charge in [-0.1, -0.05) is 19.9 Å². The summed E-state index contributed by atoms with van der Waals surface area (Å²) < 4.78 is 39.0. The van der Waals surface area contributed by atoms with Gasteiger partial charge in [0.15, 0.2) is 5.65 Å². The minimum Gasteiger partial charge on any atom is -0.493 e. The fourth-order valence-electron chi connectivity index (χ4n) is 5.44. The lowest BCUT2D eigenvalue weighted by molar-refractivity contribution is 0.184. The highest BCUT2D eigenvalue weighted by Crippen LogP contribution is 2.41. The third-order valence-electron chi connectivity index (χ3n) is 7.36. The summed E-state index contributed by atoms with van der Waals surface area (Å²) in [6.45, 7) is 6.53. The van der Waals surface area contributed by atoms with E-state index in [2.05, 4.69) is 48.3 Å². The number of rotatable bonds is 8. The van der Waals surface area contributed by atoms with E-state index in [-0.39, 0.29) is 16.6 Å². The van der Waals surface area contributed by atoms with E-state index in [0.29, 0.717) is 70.9 Å². The molecule has 1 atom stereocenters. The molecular weight excluding hydrogens is 586 g/mol. The average molecular weight is 617 g/mol. The lowest BCUT2D eigenvalue weighted by Gasteiger charge is -2.37. The van der Waals surface area contributed by atoms with Crippen LogP contribution in [0.3, 0.4) is 0 Å². The maximum Gasteiger partial charge on any atom is 0.335 e. The molecule has 0 amide bonds. The molecule has 3 aromatic heterocycles. The number of piperazine rings is 1. The quantitative estimate of drug-likeness (QED) is 0.322. The Morgan fingerprint density at radius 1 is 1.21 bits per heavy atom. The van der Waals surface area contributed by atoms with Crippen molar-refractivity contribution < 1.29 is 13.2 Å².